The van der Waals surface area contributed by atoms with Gasteiger partial charge in [-0.05, 0) is 30.9 Å². The molecule has 0 saturated heterocycles. The topological polar surface area (TPSA) is 65.1 Å². The summed E-state index contributed by atoms with van der Waals surface area (Å²) in [5.41, 5.74) is 1.50. The number of para-hydroxylation sites is 1. The number of aliphatic hydroxyl groups excluding tert-OH is 1. The molecule has 1 saturated carbocycles. The average molecular weight is 272 g/mol. The van der Waals surface area contributed by atoms with E-state index in [9.17, 15) is 9.90 Å². The van der Waals surface area contributed by atoms with Crippen molar-refractivity contribution in [2.45, 2.75) is 31.8 Å². The predicted molar refractivity (Wildman–Crippen MR) is 78.6 cm³/mol. The molecule has 4 nitrogen and oxygen atoms in total. The second kappa shape index (κ2) is 5.67. The van der Waals surface area contributed by atoms with Crippen molar-refractivity contribution >= 4 is 16.8 Å². The summed E-state index contributed by atoms with van der Waals surface area (Å²) in [4.78, 5) is 15.2. The van der Waals surface area contributed by atoms with Crippen LogP contribution in [-0.4, -0.2) is 28.6 Å². The largest absolute Gasteiger partial charge is 0.391 e. The molecular formula is C16H20N2O2. The molecule has 1 fully saturated rings. The molecule has 1 aliphatic carbocycles. The Hall–Kier alpha value is -1.81. The molecule has 20 heavy (non-hydrogen) atoms. The summed E-state index contributed by atoms with van der Waals surface area (Å²) in [6.07, 6.45) is 4.10. The van der Waals surface area contributed by atoms with E-state index in [2.05, 4.69) is 10.3 Å². The first-order chi connectivity index (χ1) is 9.74. The number of hydrogen-bond acceptors (Lipinski definition) is 2. The lowest BCUT2D eigenvalue weighted by molar-refractivity contribution is 0.0837. The number of H-pyrrole nitrogens is 1. The number of aromatic nitrogens is 1. The van der Waals surface area contributed by atoms with E-state index in [1.54, 1.807) is 0 Å². The fourth-order valence-electron chi connectivity index (χ4n) is 3.00. The van der Waals surface area contributed by atoms with E-state index in [0.717, 1.165) is 23.7 Å². The van der Waals surface area contributed by atoms with Gasteiger partial charge >= 0.3 is 0 Å². The number of nitrogens with one attached hydrogen (secondary N) is 2. The van der Waals surface area contributed by atoms with Gasteiger partial charge in [-0.15, -0.1) is 0 Å². The van der Waals surface area contributed by atoms with Gasteiger partial charge in [0.15, 0.2) is 0 Å². The molecule has 1 heterocycles. The van der Waals surface area contributed by atoms with Gasteiger partial charge in [-0.25, -0.2) is 0 Å². The van der Waals surface area contributed by atoms with Crippen molar-refractivity contribution in [1.29, 1.82) is 0 Å². The molecule has 1 aromatic carbocycles. The first-order valence-electron chi connectivity index (χ1n) is 7.28. The second-order valence-corrected chi connectivity index (χ2v) is 5.59. The summed E-state index contributed by atoms with van der Waals surface area (Å²) in [6, 6.07) is 9.63. The Morgan fingerprint density at radius 3 is 2.85 bits per heavy atom. The number of rotatable bonds is 4. The van der Waals surface area contributed by atoms with E-state index in [1.807, 2.05) is 30.3 Å². The van der Waals surface area contributed by atoms with Crippen LogP contribution in [0, 0.1) is 5.92 Å². The lowest BCUT2D eigenvalue weighted by Crippen LogP contribution is -2.35. The standard InChI is InChI=1S/C16H20N2O2/c19-15(11-5-1-2-6-11)10-17-16(20)14-9-12-7-3-4-8-13(12)18-14/h3-4,7-9,11,15,18-19H,1-2,5-6,10H2,(H,17,20). The monoisotopic (exact) mass is 272 g/mol. The van der Waals surface area contributed by atoms with Gasteiger partial charge in [0, 0.05) is 17.4 Å². The van der Waals surface area contributed by atoms with Crippen LogP contribution in [0.3, 0.4) is 0 Å². The molecular weight excluding hydrogens is 252 g/mol. The molecule has 3 N–H and O–H groups in total. The zero-order chi connectivity index (χ0) is 13.9. The fraction of sp³-hybridized carbons (Fsp3) is 0.438. The number of hydrogen-bond donors (Lipinski definition) is 3. The maximum absolute atomic E-state index is 12.1. The van der Waals surface area contributed by atoms with Crippen LogP contribution in [0.15, 0.2) is 30.3 Å². The number of aliphatic hydroxyl groups is 1. The second-order valence-electron chi connectivity index (χ2n) is 5.59. The molecule has 1 amide bonds. The number of fused-ring (bicyclic) bond motifs is 1. The van der Waals surface area contributed by atoms with Crippen molar-refractivity contribution in [3.05, 3.63) is 36.0 Å². The highest BCUT2D eigenvalue weighted by atomic mass is 16.3. The molecule has 1 unspecified atom stereocenters. The third-order valence-electron chi connectivity index (χ3n) is 4.19. The molecule has 4 heteroatoms. The van der Waals surface area contributed by atoms with Crippen molar-refractivity contribution in [1.82, 2.24) is 10.3 Å². The summed E-state index contributed by atoms with van der Waals surface area (Å²) >= 11 is 0. The summed E-state index contributed by atoms with van der Waals surface area (Å²) in [5.74, 6) is 0.191. The van der Waals surface area contributed by atoms with Gasteiger partial charge in [-0.2, -0.15) is 0 Å². The van der Waals surface area contributed by atoms with Gasteiger partial charge in [-0.1, -0.05) is 31.0 Å². The Labute approximate surface area is 118 Å². The van der Waals surface area contributed by atoms with Crippen LogP contribution in [0.5, 0.6) is 0 Å². The predicted octanol–water partition coefficient (Wildman–Crippen LogP) is 2.45. The number of benzene rings is 1. The summed E-state index contributed by atoms with van der Waals surface area (Å²) < 4.78 is 0. The van der Waals surface area contributed by atoms with Crippen LogP contribution in [-0.2, 0) is 0 Å². The van der Waals surface area contributed by atoms with E-state index in [-0.39, 0.29) is 5.91 Å². The van der Waals surface area contributed by atoms with Crippen LogP contribution >= 0.6 is 0 Å². The van der Waals surface area contributed by atoms with Gasteiger partial charge in [0.2, 0.25) is 0 Å². The average Bonchev–Trinajstić information content (AvgIpc) is 3.12. The van der Waals surface area contributed by atoms with Crippen LogP contribution in [0.25, 0.3) is 10.9 Å². The van der Waals surface area contributed by atoms with Crippen molar-refractivity contribution in [2.75, 3.05) is 6.54 Å². The maximum atomic E-state index is 12.1. The maximum Gasteiger partial charge on any atom is 0.267 e. The number of carbonyl (C=O) groups is 1. The Kier molecular flexibility index (Phi) is 3.74. The lowest BCUT2D eigenvalue weighted by Gasteiger charge is -2.17. The summed E-state index contributed by atoms with van der Waals surface area (Å²) in [6.45, 7) is 0.332. The molecule has 1 atom stereocenters. The number of aromatic amines is 1. The SMILES string of the molecule is O=C(NCC(O)C1CCCC1)c1cc2ccccc2[nH]1. The molecule has 0 spiro atoms. The third kappa shape index (κ3) is 2.70. The van der Waals surface area contributed by atoms with Crippen LogP contribution < -0.4 is 5.32 Å². The van der Waals surface area contributed by atoms with Crippen LogP contribution in [0.1, 0.15) is 36.2 Å². The van der Waals surface area contributed by atoms with E-state index < -0.39 is 6.10 Å². The van der Waals surface area contributed by atoms with Gasteiger partial charge in [-0.3, -0.25) is 4.79 Å². The Balaban J connectivity index is 1.61. The number of carbonyl (C=O) groups excluding carboxylic acids is 1. The summed E-state index contributed by atoms with van der Waals surface area (Å²) in [5, 5.41) is 13.9. The molecule has 0 bridgehead atoms. The van der Waals surface area contributed by atoms with E-state index in [1.165, 1.54) is 12.8 Å². The van der Waals surface area contributed by atoms with E-state index in [4.69, 9.17) is 0 Å². The Morgan fingerprint density at radius 2 is 2.10 bits per heavy atom. The van der Waals surface area contributed by atoms with Gasteiger partial charge in [0.1, 0.15) is 5.69 Å². The molecule has 0 radical (unpaired) electrons. The quantitative estimate of drug-likeness (QED) is 0.800. The van der Waals surface area contributed by atoms with Crippen molar-refractivity contribution in [3.63, 3.8) is 0 Å². The number of amides is 1. The molecule has 1 aliphatic rings. The lowest BCUT2D eigenvalue weighted by atomic mass is 10.0. The summed E-state index contributed by atoms with van der Waals surface area (Å²) in [7, 11) is 0. The highest BCUT2D eigenvalue weighted by Gasteiger charge is 2.23. The molecule has 1 aromatic heterocycles. The molecule has 106 valence electrons. The van der Waals surface area contributed by atoms with Gasteiger partial charge < -0.3 is 15.4 Å². The zero-order valence-electron chi connectivity index (χ0n) is 11.4. The molecule has 2 aromatic rings. The minimum absolute atomic E-state index is 0.154. The van der Waals surface area contributed by atoms with Crippen LogP contribution in [0.4, 0.5) is 0 Å². The van der Waals surface area contributed by atoms with Crippen molar-refractivity contribution in [3.8, 4) is 0 Å². The minimum Gasteiger partial charge on any atom is -0.391 e. The first kappa shape index (κ1) is 13.2. The van der Waals surface area contributed by atoms with E-state index in [0.29, 0.717) is 18.2 Å². The first-order valence-corrected chi connectivity index (χ1v) is 7.28. The van der Waals surface area contributed by atoms with Crippen molar-refractivity contribution < 1.29 is 9.90 Å². The Bertz CT molecular complexity index is 566. The zero-order valence-corrected chi connectivity index (χ0v) is 11.4. The third-order valence-corrected chi connectivity index (χ3v) is 4.19. The van der Waals surface area contributed by atoms with Crippen molar-refractivity contribution in [2.24, 2.45) is 5.92 Å². The normalized spacial score (nSPS) is 17.4. The molecule has 0 aliphatic heterocycles. The highest BCUT2D eigenvalue weighted by Crippen LogP contribution is 2.27. The fourth-order valence-corrected chi connectivity index (χ4v) is 3.00. The van der Waals surface area contributed by atoms with Gasteiger partial charge in [0.25, 0.3) is 5.91 Å². The molecule has 3 rings (SSSR count). The van der Waals surface area contributed by atoms with Crippen LogP contribution in [0.2, 0.25) is 0 Å². The minimum atomic E-state index is -0.425. The van der Waals surface area contributed by atoms with Gasteiger partial charge in [0.05, 0.1) is 6.10 Å². The Morgan fingerprint density at radius 1 is 1.35 bits per heavy atom. The smallest absolute Gasteiger partial charge is 0.267 e. The highest BCUT2D eigenvalue weighted by molar-refractivity contribution is 5.97. The van der Waals surface area contributed by atoms with E-state index >= 15 is 0 Å².